The van der Waals surface area contributed by atoms with Gasteiger partial charge in [-0.3, -0.25) is 14.9 Å². The molecule has 0 aliphatic carbocycles. The number of nitrogens with zero attached hydrogens (tertiary/aromatic N) is 1. The molecule has 0 spiro atoms. The second kappa shape index (κ2) is 33.6. The molecule has 0 amide bonds. The third-order valence-corrected chi connectivity index (χ3v) is 7.78. The Morgan fingerprint density at radius 1 is 0.596 bits per heavy atom. The summed E-state index contributed by atoms with van der Waals surface area (Å²) in [5.74, 6) is -1.71. The van der Waals surface area contributed by atoms with Crippen molar-refractivity contribution in [3.05, 3.63) is 107 Å². The Morgan fingerprint density at radius 2 is 1.11 bits per heavy atom. The Labute approximate surface area is 284 Å². The Morgan fingerprint density at radius 3 is 1.70 bits per heavy atom. The number of allylic oxidation sites excluding steroid dienone is 15. The van der Waals surface area contributed by atoms with Crippen LogP contribution in [-0.2, 0) is 9.59 Å². The molecular formula is C40H61NO6. The van der Waals surface area contributed by atoms with Crippen molar-refractivity contribution in [2.45, 2.75) is 122 Å². The van der Waals surface area contributed by atoms with Gasteiger partial charge in [0.15, 0.2) is 0 Å². The summed E-state index contributed by atoms with van der Waals surface area (Å²) in [5.41, 5.74) is 0. The zero-order valence-electron chi connectivity index (χ0n) is 28.8. The van der Waals surface area contributed by atoms with Gasteiger partial charge in [-0.15, -0.1) is 0 Å². The lowest BCUT2D eigenvalue weighted by Gasteiger charge is -2.24. The van der Waals surface area contributed by atoms with Gasteiger partial charge in [0.2, 0.25) is 6.54 Å². The van der Waals surface area contributed by atoms with Gasteiger partial charge >= 0.3 is 11.9 Å². The van der Waals surface area contributed by atoms with Crippen molar-refractivity contribution in [2.24, 2.45) is 11.8 Å². The number of hydrogen-bond donors (Lipinski definition) is 2. The molecule has 0 aliphatic heterocycles. The number of hydrogen-bond acceptors (Lipinski definition) is 4. The van der Waals surface area contributed by atoms with Crippen LogP contribution in [0.15, 0.2) is 97.2 Å². The normalized spacial score (nSPS) is 14.1. The zero-order chi connectivity index (χ0) is 34.6. The van der Waals surface area contributed by atoms with Gasteiger partial charge in [0.25, 0.3) is 0 Å². The minimum atomic E-state index is -0.964. The maximum absolute atomic E-state index is 12.3. The van der Waals surface area contributed by atoms with E-state index in [9.17, 15) is 24.8 Å². The molecule has 0 rings (SSSR count). The molecule has 2 N–H and O–H groups in total. The monoisotopic (exact) mass is 651 g/mol. The van der Waals surface area contributed by atoms with Crippen LogP contribution in [0.1, 0.15) is 122 Å². The highest BCUT2D eigenvalue weighted by Gasteiger charge is 2.26. The van der Waals surface area contributed by atoms with Crippen molar-refractivity contribution in [3.8, 4) is 0 Å². The second-order valence-electron chi connectivity index (χ2n) is 11.8. The molecule has 0 saturated carbocycles. The van der Waals surface area contributed by atoms with Crippen molar-refractivity contribution in [1.29, 1.82) is 0 Å². The predicted octanol–water partition coefficient (Wildman–Crippen LogP) is 11.2. The largest absolute Gasteiger partial charge is 0.481 e. The number of carboxylic acid groups (broad SMARTS) is 2. The van der Waals surface area contributed by atoms with Gasteiger partial charge in [0.1, 0.15) is 0 Å². The first kappa shape index (κ1) is 43.3. The number of carboxylic acids is 2. The number of aliphatic carboxylic acids is 2. The van der Waals surface area contributed by atoms with Gasteiger partial charge in [0.05, 0.1) is 5.92 Å². The smallest absolute Gasteiger partial charge is 0.328 e. The van der Waals surface area contributed by atoms with Crippen LogP contribution in [0, 0.1) is 22.0 Å². The highest BCUT2D eigenvalue weighted by atomic mass is 16.6. The fourth-order valence-electron chi connectivity index (χ4n) is 5.18. The van der Waals surface area contributed by atoms with Crippen molar-refractivity contribution >= 4 is 11.9 Å². The second-order valence-corrected chi connectivity index (χ2v) is 11.8. The van der Waals surface area contributed by atoms with E-state index in [1.165, 1.54) is 25.3 Å². The minimum Gasteiger partial charge on any atom is -0.481 e. The van der Waals surface area contributed by atoms with E-state index in [-0.39, 0.29) is 23.3 Å². The van der Waals surface area contributed by atoms with E-state index in [4.69, 9.17) is 5.11 Å². The molecule has 2 unspecified atom stereocenters. The standard InChI is InChI=1S/C40H61NO6/c1-2-3-4-27-32-37(33-28-23-19-15-12-13-17-21-25-30-35-39(42)43)38(40(44)45)34-29-24-20-16-11-9-7-5-6-8-10-14-18-22-26-31-36-41(46)47/h5-6,9-15,17,20-21,24-25,30,35,37-38H,2-4,7-8,16,18-19,22-23,26-29,31-34,36H2,1H3,(H,42,43)(H,44,45)/b6-5-,11-9-,14-10-,15-12?,17-13?,24-20-,25-21?,35-30?. The summed E-state index contributed by atoms with van der Waals surface area (Å²) in [7, 11) is 0. The third-order valence-electron chi connectivity index (χ3n) is 7.78. The molecule has 0 aromatic heterocycles. The SMILES string of the molecule is CCCCCCC(CCCCC=CC=CC=CC=CC(=O)O)C(CC/C=C\C/C=C\C/C=C\C/C=C\CCCCC[N+](=O)[O-])C(=O)O. The van der Waals surface area contributed by atoms with Gasteiger partial charge in [0, 0.05) is 17.4 Å². The summed E-state index contributed by atoms with van der Waals surface area (Å²) in [5, 5.41) is 28.9. The van der Waals surface area contributed by atoms with Crippen LogP contribution in [-0.4, -0.2) is 33.6 Å². The van der Waals surface area contributed by atoms with E-state index in [1.807, 2.05) is 18.2 Å². The summed E-state index contributed by atoms with van der Waals surface area (Å²) >= 11 is 0. The molecule has 47 heavy (non-hydrogen) atoms. The molecule has 2 atom stereocenters. The lowest BCUT2D eigenvalue weighted by atomic mass is 9.81. The third kappa shape index (κ3) is 32.0. The fourth-order valence-corrected chi connectivity index (χ4v) is 5.18. The molecule has 0 bridgehead atoms. The average Bonchev–Trinajstić information content (AvgIpc) is 3.03. The van der Waals surface area contributed by atoms with Gasteiger partial charge in [-0.2, -0.15) is 0 Å². The summed E-state index contributed by atoms with van der Waals surface area (Å²) < 4.78 is 0. The molecule has 0 saturated heterocycles. The van der Waals surface area contributed by atoms with E-state index in [0.717, 1.165) is 89.5 Å². The van der Waals surface area contributed by atoms with Gasteiger partial charge < -0.3 is 10.2 Å². The van der Waals surface area contributed by atoms with E-state index in [0.29, 0.717) is 12.8 Å². The Kier molecular flexibility index (Phi) is 30.9. The molecule has 262 valence electrons. The summed E-state index contributed by atoms with van der Waals surface area (Å²) in [6, 6.07) is 0. The number of nitro groups is 1. The highest BCUT2D eigenvalue weighted by molar-refractivity contribution is 5.80. The maximum Gasteiger partial charge on any atom is 0.328 e. The van der Waals surface area contributed by atoms with Gasteiger partial charge in [-0.25, -0.2) is 4.79 Å². The molecule has 0 radical (unpaired) electrons. The number of rotatable bonds is 31. The van der Waals surface area contributed by atoms with Crippen LogP contribution >= 0.6 is 0 Å². The maximum atomic E-state index is 12.3. The van der Waals surface area contributed by atoms with Crippen molar-refractivity contribution in [2.75, 3.05) is 6.54 Å². The molecule has 0 aromatic rings. The Bertz CT molecular complexity index is 1050. The summed E-state index contributed by atoms with van der Waals surface area (Å²) in [6.07, 6.45) is 48.3. The van der Waals surface area contributed by atoms with Crippen LogP contribution in [0.5, 0.6) is 0 Å². The van der Waals surface area contributed by atoms with E-state index < -0.39 is 11.9 Å². The molecule has 0 heterocycles. The Hall–Kier alpha value is -3.74. The first-order valence-corrected chi connectivity index (χ1v) is 17.7. The summed E-state index contributed by atoms with van der Waals surface area (Å²) in [6.45, 7) is 2.27. The summed E-state index contributed by atoms with van der Waals surface area (Å²) in [4.78, 5) is 32.7. The van der Waals surface area contributed by atoms with Crippen molar-refractivity contribution in [3.63, 3.8) is 0 Å². The molecule has 0 fully saturated rings. The van der Waals surface area contributed by atoms with Crippen LogP contribution in [0.3, 0.4) is 0 Å². The van der Waals surface area contributed by atoms with Crippen LogP contribution in [0.25, 0.3) is 0 Å². The molecule has 7 heteroatoms. The molecule has 0 aliphatic rings. The van der Waals surface area contributed by atoms with Gasteiger partial charge in [-0.1, -0.05) is 130 Å². The van der Waals surface area contributed by atoms with Crippen molar-refractivity contribution in [1.82, 2.24) is 0 Å². The molecule has 7 nitrogen and oxygen atoms in total. The van der Waals surface area contributed by atoms with E-state index in [1.54, 1.807) is 12.2 Å². The molecule has 0 aromatic carbocycles. The number of unbranched alkanes of at least 4 members (excludes halogenated alkanes) is 8. The number of carbonyl (C=O) groups is 2. The van der Waals surface area contributed by atoms with Crippen LogP contribution < -0.4 is 0 Å². The van der Waals surface area contributed by atoms with E-state index >= 15 is 0 Å². The minimum absolute atomic E-state index is 0.0701. The van der Waals surface area contributed by atoms with Gasteiger partial charge in [-0.05, 0) is 83.0 Å². The van der Waals surface area contributed by atoms with Crippen LogP contribution in [0.2, 0.25) is 0 Å². The fraction of sp³-hybridized carbons (Fsp3) is 0.550. The van der Waals surface area contributed by atoms with E-state index in [2.05, 4.69) is 61.6 Å². The first-order valence-electron chi connectivity index (χ1n) is 17.7. The quantitative estimate of drug-likeness (QED) is 0.0192. The predicted molar refractivity (Wildman–Crippen MR) is 196 cm³/mol. The highest BCUT2D eigenvalue weighted by Crippen LogP contribution is 2.29. The Balaban J connectivity index is 4.44. The lowest BCUT2D eigenvalue weighted by molar-refractivity contribution is -0.480. The topological polar surface area (TPSA) is 118 Å². The first-order chi connectivity index (χ1) is 22.9. The van der Waals surface area contributed by atoms with Crippen LogP contribution in [0.4, 0.5) is 0 Å². The molecular weight excluding hydrogens is 590 g/mol. The average molecular weight is 652 g/mol. The van der Waals surface area contributed by atoms with Crippen molar-refractivity contribution < 1.29 is 24.7 Å². The zero-order valence-corrected chi connectivity index (χ0v) is 28.8. The lowest BCUT2D eigenvalue weighted by Crippen LogP contribution is -2.24.